The first-order valence-electron chi connectivity index (χ1n) is 9.55. The van der Waals surface area contributed by atoms with Gasteiger partial charge in [0.05, 0.1) is 5.69 Å². The lowest BCUT2D eigenvalue weighted by molar-refractivity contribution is -0.137. The van der Waals surface area contributed by atoms with Crippen LogP contribution in [0.3, 0.4) is 0 Å². The molecule has 2 aromatic rings. The van der Waals surface area contributed by atoms with Gasteiger partial charge in [-0.15, -0.1) is 0 Å². The number of pyridine rings is 1. The number of aromatic nitrogens is 3. The van der Waals surface area contributed by atoms with E-state index in [1.54, 1.807) is 19.2 Å². The Morgan fingerprint density at radius 1 is 1.39 bits per heavy atom. The number of amides is 3. The van der Waals surface area contributed by atoms with E-state index in [2.05, 4.69) is 27.0 Å². The summed E-state index contributed by atoms with van der Waals surface area (Å²) in [7, 11) is 1.59. The van der Waals surface area contributed by atoms with Crippen LogP contribution in [0, 0.1) is 11.8 Å². The first-order valence-corrected chi connectivity index (χ1v) is 9.55. The van der Waals surface area contributed by atoms with Crippen molar-refractivity contribution < 1.29 is 24.6 Å². The molecule has 0 saturated carbocycles. The molecule has 31 heavy (non-hydrogen) atoms. The van der Waals surface area contributed by atoms with E-state index >= 15 is 0 Å². The molecule has 1 unspecified atom stereocenters. The van der Waals surface area contributed by atoms with Crippen LogP contribution in [0.15, 0.2) is 18.3 Å². The van der Waals surface area contributed by atoms with Crippen LogP contribution in [-0.4, -0.2) is 78.8 Å². The van der Waals surface area contributed by atoms with Gasteiger partial charge in [0.25, 0.3) is 11.8 Å². The quantitative estimate of drug-likeness (QED) is 0.470. The number of fused-ring (bicyclic) bond motifs is 1. The molecule has 4 rings (SSSR count). The van der Waals surface area contributed by atoms with E-state index in [0.29, 0.717) is 35.5 Å². The molecule has 2 aliphatic heterocycles. The molecule has 11 heteroatoms. The zero-order chi connectivity index (χ0) is 22.3. The van der Waals surface area contributed by atoms with Gasteiger partial charge in [-0.1, -0.05) is 11.8 Å². The van der Waals surface area contributed by atoms with Gasteiger partial charge >= 0.3 is 6.09 Å². The number of aromatic amines is 1. The number of H-pyrrole nitrogens is 1. The summed E-state index contributed by atoms with van der Waals surface area (Å²) < 4.78 is 0. The van der Waals surface area contributed by atoms with Gasteiger partial charge in [0, 0.05) is 56.0 Å². The molecule has 0 bridgehead atoms. The molecule has 1 saturated heterocycles. The summed E-state index contributed by atoms with van der Waals surface area (Å²) >= 11 is 0. The predicted molar refractivity (Wildman–Crippen MR) is 106 cm³/mol. The third-order valence-electron chi connectivity index (χ3n) is 5.53. The molecule has 160 valence electrons. The number of nitrogens with two attached hydrogens (primary N) is 1. The molecule has 0 aliphatic carbocycles. The molecule has 0 aromatic carbocycles. The normalized spacial score (nSPS) is 22.6. The first kappa shape index (κ1) is 20.4. The predicted octanol–water partition coefficient (Wildman–Crippen LogP) is -0.526. The van der Waals surface area contributed by atoms with Crippen molar-refractivity contribution in [3.05, 3.63) is 46.5 Å². The number of likely N-dealkylation sites (tertiary alicyclic amines) is 1. The minimum absolute atomic E-state index is 0.0434. The number of likely N-dealkylation sites (N-methyl/N-ethyl adjacent to an activating group) is 1. The van der Waals surface area contributed by atoms with Crippen molar-refractivity contribution in [2.24, 2.45) is 5.73 Å². The Balaban J connectivity index is 1.76. The molecule has 2 aromatic heterocycles. The van der Waals surface area contributed by atoms with Crippen LogP contribution in [-0.2, 0) is 11.2 Å². The number of nitrogens with zero attached hydrogens (tertiary/aromatic N) is 4. The Bertz CT molecular complexity index is 1150. The second-order valence-corrected chi connectivity index (χ2v) is 7.51. The van der Waals surface area contributed by atoms with E-state index in [1.807, 2.05) is 0 Å². The molecule has 0 spiro atoms. The molecule has 2 aliphatic rings. The van der Waals surface area contributed by atoms with Crippen LogP contribution in [0.25, 0.3) is 0 Å². The molecule has 2 atom stereocenters. The van der Waals surface area contributed by atoms with Crippen molar-refractivity contribution in [1.82, 2.24) is 25.0 Å². The summed E-state index contributed by atoms with van der Waals surface area (Å²) in [6.45, 7) is 0.575. The summed E-state index contributed by atoms with van der Waals surface area (Å²) in [4.78, 5) is 42.7. The number of hydrogen-bond acceptors (Lipinski definition) is 6. The number of rotatable bonds is 2. The molecular formula is C20H20N6O5. The van der Waals surface area contributed by atoms with Gasteiger partial charge in [-0.3, -0.25) is 24.6 Å². The number of primary amides is 1. The van der Waals surface area contributed by atoms with E-state index in [4.69, 9.17) is 5.73 Å². The second-order valence-electron chi connectivity index (χ2n) is 7.51. The lowest BCUT2D eigenvalue weighted by Crippen LogP contribution is -2.40. The monoisotopic (exact) mass is 424 g/mol. The van der Waals surface area contributed by atoms with Gasteiger partial charge in [0.2, 0.25) is 5.60 Å². The maximum Gasteiger partial charge on any atom is 0.408 e. The summed E-state index contributed by atoms with van der Waals surface area (Å²) in [5, 5.41) is 26.9. The smallest absolute Gasteiger partial charge is 0.408 e. The fourth-order valence-corrected chi connectivity index (χ4v) is 3.91. The van der Waals surface area contributed by atoms with Crippen LogP contribution < -0.4 is 5.73 Å². The first-order chi connectivity index (χ1) is 14.7. The highest BCUT2D eigenvalue weighted by molar-refractivity contribution is 5.93. The van der Waals surface area contributed by atoms with Gasteiger partial charge in [-0.05, 0) is 12.1 Å². The molecule has 0 radical (unpaired) electrons. The highest BCUT2D eigenvalue weighted by Gasteiger charge is 2.42. The van der Waals surface area contributed by atoms with Crippen molar-refractivity contribution in [2.75, 3.05) is 20.1 Å². The minimum atomic E-state index is -1.76. The van der Waals surface area contributed by atoms with Crippen LogP contribution in [0.1, 0.15) is 45.5 Å². The number of carbonyl (C=O) groups is 3. The number of hydrogen-bond donors (Lipinski definition) is 4. The van der Waals surface area contributed by atoms with E-state index < -0.39 is 29.6 Å². The Kier molecular flexibility index (Phi) is 4.87. The van der Waals surface area contributed by atoms with Crippen LogP contribution in [0.4, 0.5) is 4.79 Å². The van der Waals surface area contributed by atoms with E-state index in [0.717, 1.165) is 4.90 Å². The number of carboxylic acid groups (broad SMARTS) is 1. The third kappa shape index (κ3) is 3.47. The van der Waals surface area contributed by atoms with Gasteiger partial charge in [0.15, 0.2) is 5.69 Å². The average molecular weight is 424 g/mol. The summed E-state index contributed by atoms with van der Waals surface area (Å²) in [5.74, 6) is 4.17. The van der Waals surface area contributed by atoms with E-state index in [1.165, 1.54) is 11.1 Å². The Morgan fingerprint density at radius 3 is 2.81 bits per heavy atom. The van der Waals surface area contributed by atoms with Crippen molar-refractivity contribution in [3.8, 4) is 11.8 Å². The Morgan fingerprint density at radius 2 is 2.16 bits per heavy atom. The van der Waals surface area contributed by atoms with Crippen LogP contribution in [0.2, 0.25) is 0 Å². The molecular weight excluding hydrogens is 404 g/mol. The van der Waals surface area contributed by atoms with Crippen molar-refractivity contribution in [1.29, 1.82) is 0 Å². The van der Waals surface area contributed by atoms with E-state index in [9.17, 15) is 24.6 Å². The van der Waals surface area contributed by atoms with Crippen molar-refractivity contribution in [3.63, 3.8) is 0 Å². The average Bonchev–Trinajstić information content (AvgIpc) is 3.29. The third-order valence-corrected chi connectivity index (χ3v) is 5.53. The van der Waals surface area contributed by atoms with Gasteiger partial charge in [-0.25, -0.2) is 4.79 Å². The zero-order valence-corrected chi connectivity index (χ0v) is 16.6. The standard InChI is InChI=1S/C20H20N6O5/c1-25-9-6-20(31,18(25)28)5-2-11-3-7-22-13(10-11)16-14-12(4-8-26(16)19(29)30)23-24-15(14)17(21)27/h3,7,10,16,31H,4,6,8-9H2,1H3,(H2,21,27)(H,23,24)(H,29,30)/t16?,20-/m0/s1. The van der Waals surface area contributed by atoms with Gasteiger partial charge in [-0.2, -0.15) is 5.10 Å². The fourth-order valence-electron chi connectivity index (χ4n) is 3.91. The molecule has 3 amide bonds. The maximum atomic E-state index is 12.1. The second kappa shape index (κ2) is 7.41. The summed E-state index contributed by atoms with van der Waals surface area (Å²) in [6, 6.07) is 2.24. The molecule has 11 nitrogen and oxygen atoms in total. The highest BCUT2D eigenvalue weighted by atomic mass is 16.4. The number of nitrogens with one attached hydrogen (secondary N) is 1. The van der Waals surface area contributed by atoms with Gasteiger partial charge < -0.3 is 20.8 Å². The minimum Gasteiger partial charge on any atom is -0.465 e. The maximum absolute atomic E-state index is 12.1. The lowest BCUT2D eigenvalue weighted by Gasteiger charge is -2.33. The summed E-state index contributed by atoms with van der Waals surface area (Å²) in [5.41, 5.74) is 5.37. The van der Waals surface area contributed by atoms with Crippen molar-refractivity contribution >= 4 is 17.9 Å². The zero-order valence-electron chi connectivity index (χ0n) is 16.6. The molecule has 1 fully saturated rings. The van der Waals surface area contributed by atoms with Crippen molar-refractivity contribution in [2.45, 2.75) is 24.5 Å². The Labute approximate surface area is 176 Å². The SMILES string of the molecule is CN1CC[C@@](O)(C#Cc2ccnc(C3c4c(C(N)=O)n[nH]c4CCN3C(=O)O)c2)C1=O. The highest BCUT2D eigenvalue weighted by Crippen LogP contribution is 2.35. The Hall–Kier alpha value is -3.91. The summed E-state index contributed by atoms with van der Waals surface area (Å²) in [6.07, 6.45) is 0.813. The van der Waals surface area contributed by atoms with Crippen LogP contribution >= 0.6 is 0 Å². The largest absolute Gasteiger partial charge is 0.465 e. The fraction of sp³-hybridized carbons (Fsp3) is 0.350. The lowest BCUT2D eigenvalue weighted by atomic mass is 9.93. The van der Waals surface area contributed by atoms with Gasteiger partial charge in [0.1, 0.15) is 6.04 Å². The van der Waals surface area contributed by atoms with Crippen LogP contribution in [0.5, 0.6) is 0 Å². The molecule has 4 heterocycles. The van der Waals surface area contributed by atoms with E-state index in [-0.39, 0.29) is 18.7 Å². The molecule has 5 N–H and O–H groups in total. The number of aliphatic hydroxyl groups is 1. The number of carbonyl (C=O) groups excluding carboxylic acids is 2. The topological polar surface area (TPSA) is 166 Å².